The largest absolute Gasteiger partial charge is 0.480 e. The molecule has 1 rings (SSSR count). The highest BCUT2D eigenvalue weighted by Gasteiger charge is 2.14. The Bertz CT molecular complexity index is 304. The summed E-state index contributed by atoms with van der Waals surface area (Å²) in [5.41, 5.74) is 5.90. The Morgan fingerprint density at radius 3 is 2.92 bits per heavy atom. The Balaban J connectivity index is 2.69. The molecule has 3 N–H and O–H groups in total. The standard InChI is InChI=1S/C7H10ClN3O2/c1-11-6(8)3-4(10-11)2-5(9)7(12)13/h3,5H,2,9H2,1H3,(H,12,13). The van der Waals surface area contributed by atoms with Gasteiger partial charge in [0.2, 0.25) is 0 Å². The first-order valence-electron chi connectivity index (χ1n) is 3.67. The Morgan fingerprint density at radius 2 is 2.54 bits per heavy atom. The zero-order valence-corrected chi connectivity index (χ0v) is 7.82. The maximum Gasteiger partial charge on any atom is 0.320 e. The molecular weight excluding hydrogens is 194 g/mol. The molecule has 13 heavy (non-hydrogen) atoms. The van der Waals surface area contributed by atoms with Gasteiger partial charge in [-0.25, -0.2) is 0 Å². The topological polar surface area (TPSA) is 81.1 Å². The number of hydrogen-bond acceptors (Lipinski definition) is 3. The van der Waals surface area contributed by atoms with Crippen LogP contribution in [0.15, 0.2) is 6.07 Å². The Kier molecular flexibility index (Phi) is 2.90. The lowest BCUT2D eigenvalue weighted by Gasteiger charge is -2.01. The molecule has 1 atom stereocenters. The van der Waals surface area contributed by atoms with Gasteiger partial charge in [-0.2, -0.15) is 5.10 Å². The molecule has 6 heteroatoms. The summed E-state index contributed by atoms with van der Waals surface area (Å²) < 4.78 is 1.46. The SMILES string of the molecule is Cn1nc(CC(N)C(=O)O)cc1Cl. The van der Waals surface area contributed by atoms with Crippen LogP contribution < -0.4 is 5.73 Å². The highest BCUT2D eigenvalue weighted by atomic mass is 35.5. The smallest absolute Gasteiger partial charge is 0.320 e. The second-order valence-corrected chi connectivity index (χ2v) is 3.12. The fourth-order valence-electron chi connectivity index (χ4n) is 0.913. The first-order valence-corrected chi connectivity index (χ1v) is 4.05. The van der Waals surface area contributed by atoms with E-state index in [4.69, 9.17) is 22.4 Å². The van der Waals surface area contributed by atoms with Crippen molar-refractivity contribution in [3.8, 4) is 0 Å². The molecule has 72 valence electrons. The van der Waals surface area contributed by atoms with Crippen molar-refractivity contribution in [2.24, 2.45) is 12.8 Å². The molecule has 0 amide bonds. The maximum absolute atomic E-state index is 10.4. The third kappa shape index (κ3) is 2.43. The van der Waals surface area contributed by atoms with E-state index < -0.39 is 12.0 Å². The summed E-state index contributed by atoms with van der Waals surface area (Å²) in [4.78, 5) is 10.4. The van der Waals surface area contributed by atoms with Crippen molar-refractivity contribution in [3.63, 3.8) is 0 Å². The van der Waals surface area contributed by atoms with Crippen LogP contribution in [0.2, 0.25) is 5.15 Å². The van der Waals surface area contributed by atoms with Crippen LogP contribution in [0.25, 0.3) is 0 Å². The summed E-state index contributed by atoms with van der Waals surface area (Å²) in [6.45, 7) is 0. The van der Waals surface area contributed by atoms with Gasteiger partial charge in [0.1, 0.15) is 11.2 Å². The lowest BCUT2D eigenvalue weighted by atomic mass is 10.2. The lowest BCUT2D eigenvalue weighted by Crippen LogP contribution is -2.32. The summed E-state index contributed by atoms with van der Waals surface area (Å²) in [7, 11) is 1.68. The summed E-state index contributed by atoms with van der Waals surface area (Å²) in [6.07, 6.45) is 0.190. The van der Waals surface area contributed by atoms with Gasteiger partial charge in [0.15, 0.2) is 0 Å². The van der Waals surface area contributed by atoms with Gasteiger partial charge < -0.3 is 10.8 Å². The maximum atomic E-state index is 10.4. The number of halogens is 1. The van der Waals surface area contributed by atoms with E-state index in [1.807, 2.05) is 0 Å². The molecule has 0 bridgehead atoms. The molecule has 1 aromatic heterocycles. The number of aromatic nitrogens is 2. The second kappa shape index (κ2) is 3.76. The van der Waals surface area contributed by atoms with Crippen LogP contribution in [0, 0.1) is 0 Å². The number of carboxylic acid groups (broad SMARTS) is 1. The predicted molar refractivity (Wildman–Crippen MR) is 47.5 cm³/mol. The third-order valence-electron chi connectivity index (χ3n) is 1.62. The van der Waals surface area contributed by atoms with Gasteiger partial charge in [-0.3, -0.25) is 9.48 Å². The van der Waals surface area contributed by atoms with Gasteiger partial charge in [0.05, 0.1) is 5.69 Å². The predicted octanol–water partition coefficient (Wildman–Crippen LogP) is 0.0279. The van der Waals surface area contributed by atoms with E-state index in [-0.39, 0.29) is 6.42 Å². The van der Waals surface area contributed by atoms with Gasteiger partial charge in [-0.15, -0.1) is 0 Å². The molecule has 1 heterocycles. The van der Waals surface area contributed by atoms with Crippen LogP contribution in [0.4, 0.5) is 0 Å². The van der Waals surface area contributed by atoms with Crippen LogP contribution in [0.3, 0.4) is 0 Å². The van der Waals surface area contributed by atoms with E-state index in [0.717, 1.165) is 0 Å². The number of aliphatic carboxylic acids is 1. The number of aryl methyl sites for hydroxylation is 1. The number of carbonyl (C=O) groups is 1. The van der Waals surface area contributed by atoms with Gasteiger partial charge in [0.25, 0.3) is 0 Å². The summed E-state index contributed by atoms with van der Waals surface area (Å²) in [6, 6.07) is 0.677. The van der Waals surface area contributed by atoms with Crippen LogP contribution in [0.5, 0.6) is 0 Å². The molecule has 1 aromatic rings. The normalized spacial score (nSPS) is 12.8. The first-order chi connectivity index (χ1) is 6.00. The Morgan fingerprint density at radius 1 is 1.92 bits per heavy atom. The highest BCUT2D eigenvalue weighted by molar-refractivity contribution is 6.29. The monoisotopic (exact) mass is 203 g/mol. The average molecular weight is 204 g/mol. The fraction of sp³-hybridized carbons (Fsp3) is 0.429. The number of hydrogen-bond donors (Lipinski definition) is 2. The summed E-state index contributed by atoms with van der Waals surface area (Å²) >= 11 is 5.70. The number of carboxylic acids is 1. The summed E-state index contributed by atoms with van der Waals surface area (Å²) in [5, 5.41) is 13.0. The summed E-state index contributed by atoms with van der Waals surface area (Å²) in [5.74, 6) is -1.04. The zero-order chi connectivity index (χ0) is 10.0. The van der Waals surface area contributed by atoms with E-state index in [1.54, 1.807) is 13.1 Å². The van der Waals surface area contributed by atoms with E-state index in [9.17, 15) is 4.79 Å². The van der Waals surface area contributed by atoms with Gasteiger partial charge >= 0.3 is 5.97 Å². The van der Waals surface area contributed by atoms with Crippen molar-refractivity contribution in [1.82, 2.24) is 9.78 Å². The molecule has 0 aliphatic rings. The van der Waals surface area contributed by atoms with Crippen LogP contribution in [-0.4, -0.2) is 26.9 Å². The minimum absolute atomic E-state index is 0.190. The Hall–Kier alpha value is -1.07. The lowest BCUT2D eigenvalue weighted by molar-refractivity contribution is -0.138. The molecule has 0 saturated heterocycles. The van der Waals surface area contributed by atoms with Crippen LogP contribution in [-0.2, 0) is 18.3 Å². The number of nitrogens with zero attached hydrogens (tertiary/aromatic N) is 2. The first kappa shape index (κ1) is 10.0. The molecule has 0 aromatic carbocycles. The molecular formula is C7H10ClN3O2. The Labute approximate surface area is 80.1 Å². The van der Waals surface area contributed by atoms with Gasteiger partial charge in [-0.1, -0.05) is 11.6 Å². The van der Waals surface area contributed by atoms with Crippen LogP contribution in [0.1, 0.15) is 5.69 Å². The van der Waals surface area contributed by atoms with Crippen molar-refractivity contribution in [2.75, 3.05) is 0 Å². The highest BCUT2D eigenvalue weighted by Crippen LogP contribution is 2.10. The molecule has 0 saturated carbocycles. The molecule has 0 spiro atoms. The van der Waals surface area contributed by atoms with Crippen molar-refractivity contribution in [2.45, 2.75) is 12.5 Å². The van der Waals surface area contributed by atoms with Crippen molar-refractivity contribution in [3.05, 3.63) is 16.9 Å². The average Bonchev–Trinajstić information content (AvgIpc) is 2.31. The minimum atomic E-state index is -1.04. The van der Waals surface area contributed by atoms with E-state index in [0.29, 0.717) is 10.8 Å². The molecule has 5 nitrogen and oxygen atoms in total. The van der Waals surface area contributed by atoms with Crippen molar-refractivity contribution >= 4 is 17.6 Å². The molecule has 0 fully saturated rings. The minimum Gasteiger partial charge on any atom is -0.480 e. The van der Waals surface area contributed by atoms with E-state index in [1.165, 1.54) is 4.68 Å². The van der Waals surface area contributed by atoms with E-state index in [2.05, 4.69) is 5.10 Å². The van der Waals surface area contributed by atoms with E-state index >= 15 is 0 Å². The number of rotatable bonds is 3. The zero-order valence-electron chi connectivity index (χ0n) is 7.07. The molecule has 0 radical (unpaired) electrons. The second-order valence-electron chi connectivity index (χ2n) is 2.73. The van der Waals surface area contributed by atoms with Crippen molar-refractivity contribution in [1.29, 1.82) is 0 Å². The molecule has 0 aliphatic carbocycles. The fourth-order valence-corrected chi connectivity index (χ4v) is 1.08. The molecule has 0 aliphatic heterocycles. The quantitative estimate of drug-likeness (QED) is 0.726. The van der Waals surface area contributed by atoms with Gasteiger partial charge in [0, 0.05) is 13.5 Å². The van der Waals surface area contributed by atoms with Crippen molar-refractivity contribution < 1.29 is 9.90 Å². The van der Waals surface area contributed by atoms with Gasteiger partial charge in [-0.05, 0) is 6.07 Å². The number of nitrogens with two attached hydrogens (primary N) is 1. The molecule has 1 unspecified atom stereocenters. The van der Waals surface area contributed by atoms with Crippen LogP contribution >= 0.6 is 11.6 Å². The third-order valence-corrected chi connectivity index (χ3v) is 1.97.